The van der Waals surface area contributed by atoms with Crippen molar-refractivity contribution in [2.45, 2.75) is 25.8 Å². The molecule has 0 unspecified atom stereocenters. The van der Waals surface area contributed by atoms with Crippen LogP contribution in [0, 0.1) is 6.92 Å². The molecule has 2 aromatic rings. The van der Waals surface area contributed by atoms with Crippen LogP contribution in [0.5, 0.6) is 5.75 Å². The van der Waals surface area contributed by atoms with Gasteiger partial charge in [-0.05, 0) is 43.2 Å². The normalized spacial score (nSPS) is 19.8. The number of rotatable bonds is 4. The Kier molecular flexibility index (Phi) is 4.11. The summed E-state index contributed by atoms with van der Waals surface area (Å²) in [6.07, 6.45) is 0.415. The van der Waals surface area contributed by atoms with Crippen molar-refractivity contribution in [3.05, 3.63) is 51.7 Å². The fraction of sp³-hybridized carbons (Fsp3) is 0.235. The van der Waals surface area contributed by atoms with E-state index in [2.05, 4.69) is 10.6 Å². The van der Waals surface area contributed by atoms with Crippen molar-refractivity contribution in [1.29, 1.82) is 0 Å². The van der Waals surface area contributed by atoms with Crippen LogP contribution in [0.25, 0.3) is 0 Å². The molecule has 124 valence electrons. The average Bonchev–Trinajstić information content (AvgIpc) is 3.11. The molecule has 3 rings (SSSR count). The smallest absolute Gasteiger partial charge is 0.353 e. The summed E-state index contributed by atoms with van der Waals surface area (Å²) in [5.41, 5.74) is -0.440. The number of aryl methyl sites for hydroxylation is 1. The highest BCUT2D eigenvalue weighted by Crippen LogP contribution is 2.30. The molecule has 1 aromatic heterocycles. The first-order valence-electron chi connectivity index (χ1n) is 7.47. The lowest BCUT2D eigenvalue weighted by Gasteiger charge is -2.24. The molecular weight excluding hydrogens is 328 g/mol. The van der Waals surface area contributed by atoms with Crippen LogP contribution in [0.3, 0.4) is 0 Å². The van der Waals surface area contributed by atoms with E-state index >= 15 is 0 Å². The Bertz CT molecular complexity index is 812. The Balaban J connectivity index is 1.79. The summed E-state index contributed by atoms with van der Waals surface area (Å²) in [5.74, 6) is -0.419. The Morgan fingerprint density at radius 3 is 2.38 bits per heavy atom. The third-order valence-corrected chi connectivity index (χ3v) is 4.95. The Hall–Kier alpha value is -2.67. The van der Waals surface area contributed by atoms with Crippen molar-refractivity contribution in [3.63, 3.8) is 0 Å². The van der Waals surface area contributed by atoms with Gasteiger partial charge in [0.2, 0.25) is 0 Å². The minimum absolute atomic E-state index is 0.380. The summed E-state index contributed by atoms with van der Waals surface area (Å²) in [5, 5.41) is 4.92. The largest absolute Gasteiger partial charge is 0.422 e. The molecule has 0 aliphatic carbocycles. The molecular formula is C17H16N2O4S. The summed E-state index contributed by atoms with van der Waals surface area (Å²) in [4.78, 5) is 37.2. The van der Waals surface area contributed by atoms with Gasteiger partial charge in [-0.25, -0.2) is 9.59 Å². The lowest BCUT2D eigenvalue weighted by Crippen LogP contribution is -2.43. The molecule has 1 saturated heterocycles. The van der Waals surface area contributed by atoms with Crippen LogP contribution in [0.4, 0.5) is 4.79 Å². The van der Waals surface area contributed by atoms with Gasteiger partial charge in [-0.15, -0.1) is 11.3 Å². The number of hydrogen-bond donors (Lipinski definition) is 2. The first kappa shape index (κ1) is 16.2. The van der Waals surface area contributed by atoms with E-state index in [1.165, 1.54) is 11.3 Å². The number of urea groups is 1. The summed E-state index contributed by atoms with van der Waals surface area (Å²) in [7, 11) is 0. The van der Waals surface area contributed by atoms with Crippen molar-refractivity contribution in [3.8, 4) is 5.75 Å². The summed E-state index contributed by atoms with van der Waals surface area (Å²) in [6, 6.07) is 9.66. The van der Waals surface area contributed by atoms with Gasteiger partial charge in [0, 0.05) is 4.88 Å². The van der Waals surface area contributed by atoms with Crippen LogP contribution in [-0.2, 0) is 10.3 Å². The maximum absolute atomic E-state index is 12.1. The van der Waals surface area contributed by atoms with E-state index in [1.807, 2.05) is 19.9 Å². The molecule has 1 aliphatic heterocycles. The predicted octanol–water partition coefficient (Wildman–Crippen LogP) is 2.72. The van der Waals surface area contributed by atoms with E-state index in [9.17, 15) is 14.4 Å². The van der Waals surface area contributed by atoms with E-state index in [-0.39, 0.29) is 5.91 Å². The van der Waals surface area contributed by atoms with Gasteiger partial charge in [0.15, 0.2) is 0 Å². The van der Waals surface area contributed by atoms with Crippen LogP contribution in [0.15, 0.2) is 36.4 Å². The minimum Gasteiger partial charge on any atom is -0.422 e. The molecule has 1 aromatic carbocycles. The van der Waals surface area contributed by atoms with Gasteiger partial charge in [0.05, 0.1) is 0 Å². The lowest BCUT2D eigenvalue weighted by molar-refractivity contribution is -0.124. The number of nitrogens with one attached hydrogen (secondary N) is 2. The zero-order valence-corrected chi connectivity index (χ0v) is 14.0. The Morgan fingerprint density at radius 2 is 1.88 bits per heavy atom. The molecule has 2 heterocycles. The molecule has 2 N–H and O–H groups in total. The summed E-state index contributed by atoms with van der Waals surface area (Å²) < 4.78 is 5.33. The second-order valence-electron chi connectivity index (χ2n) is 5.49. The van der Waals surface area contributed by atoms with E-state index in [0.717, 1.165) is 4.88 Å². The number of carbonyl (C=O) groups excluding carboxylic acids is 3. The maximum Gasteiger partial charge on any atom is 0.353 e. The molecule has 0 spiro atoms. The third-order valence-electron chi connectivity index (χ3n) is 3.97. The molecule has 0 saturated carbocycles. The average molecular weight is 344 g/mol. The Labute approximate surface area is 142 Å². The number of amides is 3. The van der Waals surface area contributed by atoms with Crippen molar-refractivity contribution >= 4 is 29.2 Å². The third kappa shape index (κ3) is 2.78. The standard InChI is InChI=1S/C17H16N2O4S/c1-3-17(15(21)18-16(22)19-17)11-5-7-12(8-6-11)23-14(20)13-9-4-10(2)24-13/h4-9H,3H2,1-2H3,(H2,18,19,21,22)/t17-/m0/s1. The molecule has 7 heteroatoms. The maximum atomic E-state index is 12.1. The fourth-order valence-electron chi connectivity index (χ4n) is 2.66. The molecule has 6 nitrogen and oxygen atoms in total. The second-order valence-corrected chi connectivity index (χ2v) is 6.78. The first-order chi connectivity index (χ1) is 11.4. The monoisotopic (exact) mass is 344 g/mol. The van der Waals surface area contributed by atoms with Gasteiger partial charge in [0.25, 0.3) is 5.91 Å². The van der Waals surface area contributed by atoms with Crippen LogP contribution in [0.1, 0.15) is 33.5 Å². The van der Waals surface area contributed by atoms with Gasteiger partial charge in [-0.1, -0.05) is 19.1 Å². The van der Waals surface area contributed by atoms with Crippen molar-refractivity contribution in [1.82, 2.24) is 10.6 Å². The topological polar surface area (TPSA) is 84.5 Å². The quantitative estimate of drug-likeness (QED) is 0.507. The zero-order valence-electron chi connectivity index (χ0n) is 13.2. The molecule has 1 fully saturated rings. The van der Waals surface area contributed by atoms with E-state index < -0.39 is 17.5 Å². The molecule has 0 radical (unpaired) electrons. The highest BCUT2D eigenvalue weighted by molar-refractivity contribution is 7.13. The number of hydrogen-bond acceptors (Lipinski definition) is 5. The van der Waals surface area contributed by atoms with Crippen LogP contribution in [-0.4, -0.2) is 17.9 Å². The van der Waals surface area contributed by atoms with Gasteiger partial charge < -0.3 is 10.1 Å². The van der Waals surface area contributed by atoms with Gasteiger partial charge in [-0.3, -0.25) is 10.1 Å². The summed E-state index contributed by atoms with van der Waals surface area (Å²) >= 11 is 1.37. The number of esters is 1. The molecule has 0 bridgehead atoms. The van der Waals surface area contributed by atoms with Crippen LogP contribution in [0.2, 0.25) is 0 Å². The van der Waals surface area contributed by atoms with E-state index in [0.29, 0.717) is 22.6 Å². The number of imide groups is 1. The highest BCUT2D eigenvalue weighted by Gasteiger charge is 2.46. The minimum atomic E-state index is -1.08. The second kappa shape index (κ2) is 6.09. The molecule has 1 aliphatic rings. The lowest BCUT2D eigenvalue weighted by atomic mass is 9.87. The predicted molar refractivity (Wildman–Crippen MR) is 89.1 cm³/mol. The van der Waals surface area contributed by atoms with Gasteiger partial charge in [0.1, 0.15) is 16.2 Å². The van der Waals surface area contributed by atoms with Crippen LogP contribution < -0.4 is 15.4 Å². The number of carbonyl (C=O) groups is 3. The van der Waals surface area contributed by atoms with Gasteiger partial charge in [-0.2, -0.15) is 0 Å². The Morgan fingerprint density at radius 1 is 1.17 bits per heavy atom. The van der Waals surface area contributed by atoms with Crippen molar-refractivity contribution in [2.75, 3.05) is 0 Å². The molecule has 1 atom stereocenters. The SMILES string of the molecule is CC[C@@]1(c2ccc(OC(=O)c3ccc(C)s3)cc2)NC(=O)NC1=O. The molecule has 24 heavy (non-hydrogen) atoms. The first-order valence-corrected chi connectivity index (χ1v) is 8.29. The van der Waals surface area contributed by atoms with Gasteiger partial charge >= 0.3 is 12.0 Å². The fourth-order valence-corrected chi connectivity index (χ4v) is 3.40. The molecule has 3 amide bonds. The number of ether oxygens (including phenoxy) is 1. The van der Waals surface area contributed by atoms with Crippen LogP contribution >= 0.6 is 11.3 Å². The van der Waals surface area contributed by atoms with E-state index in [1.54, 1.807) is 30.3 Å². The zero-order chi connectivity index (χ0) is 17.3. The number of benzene rings is 1. The number of thiophene rings is 1. The van der Waals surface area contributed by atoms with Crippen molar-refractivity contribution < 1.29 is 19.1 Å². The summed E-state index contributed by atoms with van der Waals surface area (Å²) in [6.45, 7) is 3.74. The van der Waals surface area contributed by atoms with E-state index in [4.69, 9.17) is 4.74 Å². The highest BCUT2D eigenvalue weighted by atomic mass is 32.1. The van der Waals surface area contributed by atoms with Crippen molar-refractivity contribution in [2.24, 2.45) is 0 Å².